The van der Waals surface area contributed by atoms with Gasteiger partial charge in [-0.05, 0) is 38.1 Å². The minimum Gasteiger partial charge on any atom is -0.480 e. The van der Waals surface area contributed by atoms with Crippen LogP contribution in [0, 0.1) is 0 Å². The van der Waals surface area contributed by atoms with E-state index in [1.165, 1.54) is 0 Å². The van der Waals surface area contributed by atoms with Crippen LogP contribution in [-0.4, -0.2) is 39.9 Å². The molecule has 0 aliphatic rings. The average molecular weight is 338 g/mol. The summed E-state index contributed by atoms with van der Waals surface area (Å²) in [4.78, 5) is 18.5. The number of benzene rings is 1. The van der Waals surface area contributed by atoms with Crippen molar-refractivity contribution in [2.75, 3.05) is 25.4 Å². The third-order valence-corrected chi connectivity index (χ3v) is 4.10. The third kappa shape index (κ3) is 3.57. The molecule has 0 radical (unpaired) electrons. The number of nitrogens with zero attached hydrogens (tertiary/aromatic N) is 3. The summed E-state index contributed by atoms with van der Waals surface area (Å²) < 4.78 is 7.62. The Balaban J connectivity index is 1.86. The number of nitrogens with two attached hydrogens (primary N) is 1. The molecule has 2 heterocycles. The second kappa shape index (κ2) is 7.25. The van der Waals surface area contributed by atoms with Gasteiger partial charge in [0.1, 0.15) is 0 Å². The number of aromatic nitrogens is 2. The van der Waals surface area contributed by atoms with E-state index in [1.807, 2.05) is 67.0 Å². The smallest absolute Gasteiger partial charge is 0.260 e. The predicted octanol–water partition coefficient (Wildman–Crippen LogP) is 2.83. The molecule has 1 amide bonds. The number of carbonyl (C=O) groups is 1. The van der Waals surface area contributed by atoms with Gasteiger partial charge in [-0.25, -0.2) is 4.98 Å². The van der Waals surface area contributed by atoms with E-state index in [0.717, 1.165) is 11.3 Å². The van der Waals surface area contributed by atoms with Gasteiger partial charge in [-0.3, -0.25) is 4.79 Å². The topological polar surface area (TPSA) is 72.9 Å². The zero-order valence-electron chi connectivity index (χ0n) is 14.5. The van der Waals surface area contributed by atoms with Crippen LogP contribution in [0.4, 0.5) is 5.69 Å². The summed E-state index contributed by atoms with van der Waals surface area (Å²) >= 11 is 0. The SMILES string of the molecule is CCN(CC)C(=O)COc1cccn2cc(-c3cccc(N)c3)nc12. The Morgan fingerprint density at radius 1 is 1.24 bits per heavy atom. The lowest BCUT2D eigenvalue weighted by Crippen LogP contribution is -2.34. The Hall–Kier alpha value is -3.02. The largest absolute Gasteiger partial charge is 0.480 e. The number of rotatable bonds is 6. The summed E-state index contributed by atoms with van der Waals surface area (Å²) in [5.41, 5.74) is 8.96. The molecule has 0 unspecified atom stereocenters. The van der Waals surface area contributed by atoms with Crippen molar-refractivity contribution < 1.29 is 9.53 Å². The normalized spacial score (nSPS) is 10.8. The fourth-order valence-electron chi connectivity index (χ4n) is 2.74. The van der Waals surface area contributed by atoms with Crippen molar-refractivity contribution in [2.45, 2.75) is 13.8 Å². The molecule has 2 N–H and O–H groups in total. The van der Waals surface area contributed by atoms with Crippen LogP contribution in [0.1, 0.15) is 13.8 Å². The van der Waals surface area contributed by atoms with Crippen molar-refractivity contribution in [1.29, 1.82) is 0 Å². The number of carbonyl (C=O) groups excluding carboxylic acids is 1. The first-order valence-corrected chi connectivity index (χ1v) is 8.36. The molecule has 0 saturated carbocycles. The number of likely N-dealkylation sites (N-methyl/N-ethyl adjacent to an activating group) is 1. The van der Waals surface area contributed by atoms with Crippen molar-refractivity contribution in [3.05, 3.63) is 48.8 Å². The van der Waals surface area contributed by atoms with Gasteiger partial charge in [0, 0.05) is 36.7 Å². The zero-order valence-corrected chi connectivity index (χ0v) is 14.5. The molecule has 1 aromatic carbocycles. The van der Waals surface area contributed by atoms with Crippen LogP contribution in [0.5, 0.6) is 5.75 Å². The van der Waals surface area contributed by atoms with Crippen molar-refractivity contribution >= 4 is 17.2 Å². The molecule has 0 fully saturated rings. The predicted molar refractivity (Wildman–Crippen MR) is 98.5 cm³/mol. The molecule has 0 saturated heterocycles. The van der Waals surface area contributed by atoms with Crippen LogP contribution >= 0.6 is 0 Å². The van der Waals surface area contributed by atoms with Gasteiger partial charge in [0.25, 0.3) is 5.91 Å². The maximum atomic E-state index is 12.1. The summed E-state index contributed by atoms with van der Waals surface area (Å²) in [6.45, 7) is 5.25. The minimum absolute atomic E-state index is 0.00182. The second-order valence-corrected chi connectivity index (χ2v) is 5.71. The molecule has 2 aromatic heterocycles. The van der Waals surface area contributed by atoms with E-state index in [9.17, 15) is 4.79 Å². The van der Waals surface area contributed by atoms with Gasteiger partial charge < -0.3 is 19.8 Å². The first-order chi connectivity index (χ1) is 12.1. The number of nitrogen functional groups attached to an aromatic ring is 1. The van der Waals surface area contributed by atoms with Crippen LogP contribution in [-0.2, 0) is 4.79 Å². The molecule has 0 bridgehead atoms. The lowest BCUT2D eigenvalue weighted by Gasteiger charge is -2.18. The van der Waals surface area contributed by atoms with Gasteiger partial charge >= 0.3 is 0 Å². The lowest BCUT2D eigenvalue weighted by molar-refractivity contribution is -0.132. The molecule has 130 valence electrons. The molecular formula is C19H22N4O2. The van der Waals surface area contributed by atoms with E-state index in [-0.39, 0.29) is 12.5 Å². The van der Waals surface area contributed by atoms with Crippen LogP contribution < -0.4 is 10.5 Å². The van der Waals surface area contributed by atoms with Crippen molar-refractivity contribution in [2.24, 2.45) is 0 Å². The highest BCUT2D eigenvalue weighted by atomic mass is 16.5. The van der Waals surface area contributed by atoms with Crippen LogP contribution in [0.2, 0.25) is 0 Å². The Morgan fingerprint density at radius 3 is 2.76 bits per heavy atom. The first kappa shape index (κ1) is 16.8. The molecule has 6 heteroatoms. The summed E-state index contributed by atoms with van der Waals surface area (Å²) in [7, 11) is 0. The summed E-state index contributed by atoms with van der Waals surface area (Å²) in [6.07, 6.45) is 3.82. The van der Waals surface area contributed by atoms with E-state index in [1.54, 1.807) is 4.90 Å². The standard InChI is InChI=1S/C19H22N4O2/c1-3-22(4-2)18(24)13-25-17-9-6-10-23-12-16(21-19(17)23)14-7-5-8-15(20)11-14/h5-12H,3-4,13,20H2,1-2H3. The van der Waals surface area contributed by atoms with Crippen LogP contribution in [0.25, 0.3) is 16.9 Å². The first-order valence-electron chi connectivity index (χ1n) is 8.36. The molecule has 3 rings (SSSR count). The number of amides is 1. The summed E-state index contributed by atoms with van der Waals surface area (Å²) in [5.74, 6) is 0.549. The van der Waals surface area contributed by atoms with Gasteiger partial charge in [0.05, 0.1) is 5.69 Å². The van der Waals surface area contributed by atoms with E-state index >= 15 is 0 Å². The number of imidazole rings is 1. The van der Waals surface area contributed by atoms with Crippen LogP contribution in [0.15, 0.2) is 48.8 Å². The molecule has 3 aromatic rings. The number of pyridine rings is 1. The average Bonchev–Trinajstić information content (AvgIpc) is 3.06. The monoisotopic (exact) mass is 338 g/mol. The highest BCUT2D eigenvalue weighted by Crippen LogP contribution is 2.25. The molecular weight excluding hydrogens is 316 g/mol. The van der Waals surface area contributed by atoms with Crippen molar-refractivity contribution in [3.63, 3.8) is 0 Å². The fourth-order valence-corrected chi connectivity index (χ4v) is 2.74. The van der Waals surface area contributed by atoms with Crippen molar-refractivity contribution in [1.82, 2.24) is 14.3 Å². The van der Waals surface area contributed by atoms with E-state index in [0.29, 0.717) is 30.2 Å². The van der Waals surface area contributed by atoms with Gasteiger partial charge in [0.15, 0.2) is 18.0 Å². The van der Waals surface area contributed by atoms with Gasteiger partial charge in [-0.1, -0.05) is 12.1 Å². The summed E-state index contributed by atoms with van der Waals surface area (Å²) in [6, 6.07) is 11.3. The van der Waals surface area contributed by atoms with E-state index in [2.05, 4.69) is 4.98 Å². The van der Waals surface area contributed by atoms with Crippen molar-refractivity contribution in [3.8, 4) is 17.0 Å². The number of hydrogen-bond acceptors (Lipinski definition) is 4. The van der Waals surface area contributed by atoms with E-state index in [4.69, 9.17) is 10.5 Å². The van der Waals surface area contributed by atoms with Crippen LogP contribution in [0.3, 0.4) is 0 Å². The highest BCUT2D eigenvalue weighted by Gasteiger charge is 2.13. The number of hydrogen-bond donors (Lipinski definition) is 1. The highest BCUT2D eigenvalue weighted by molar-refractivity contribution is 5.78. The molecule has 0 aliphatic heterocycles. The Bertz CT molecular complexity index is 884. The zero-order chi connectivity index (χ0) is 17.8. The number of anilines is 1. The molecule has 6 nitrogen and oxygen atoms in total. The second-order valence-electron chi connectivity index (χ2n) is 5.71. The molecule has 0 aliphatic carbocycles. The van der Waals surface area contributed by atoms with Gasteiger partial charge in [0.2, 0.25) is 0 Å². The maximum Gasteiger partial charge on any atom is 0.260 e. The minimum atomic E-state index is -0.0328. The Labute approximate surface area is 146 Å². The number of ether oxygens (including phenoxy) is 1. The lowest BCUT2D eigenvalue weighted by atomic mass is 10.1. The van der Waals surface area contributed by atoms with Gasteiger partial charge in [-0.2, -0.15) is 0 Å². The fraction of sp³-hybridized carbons (Fsp3) is 0.263. The summed E-state index contributed by atoms with van der Waals surface area (Å²) in [5, 5.41) is 0. The third-order valence-electron chi connectivity index (χ3n) is 4.10. The molecule has 0 spiro atoms. The Kier molecular flexibility index (Phi) is 4.88. The Morgan fingerprint density at radius 2 is 2.04 bits per heavy atom. The quantitative estimate of drug-likeness (QED) is 0.702. The van der Waals surface area contributed by atoms with Gasteiger partial charge in [-0.15, -0.1) is 0 Å². The van der Waals surface area contributed by atoms with E-state index < -0.39 is 0 Å². The number of fused-ring (bicyclic) bond motifs is 1. The molecule has 0 atom stereocenters. The maximum absolute atomic E-state index is 12.1. The molecule has 25 heavy (non-hydrogen) atoms.